The zero-order valence-electron chi connectivity index (χ0n) is 9.23. The van der Waals surface area contributed by atoms with E-state index in [0.717, 1.165) is 17.7 Å². The van der Waals surface area contributed by atoms with E-state index in [1.54, 1.807) is 7.11 Å². The fourth-order valence-corrected chi connectivity index (χ4v) is 1.18. The van der Waals surface area contributed by atoms with Gasteiger partial charge in [-0.2, -0.15) is 0 Å². The van der Waals surface area contributed by atoms with Gasteiger partial charge in [0.05, 0.1) is 7.11 Å². The number of rotatable bonds is 7. The lowest BCUT2D eigenvalue weighted by Gasteiger charge is -2.05. The molecule has 16 heavy (non-hydrogen) atoms. The zero-order chi connectivity index (χ0) is 11.8. The van der Waals surface area contributed by atoms with Crippen molar-refractivity contribution in [3.05, 3.63) is 29.8 Å². The molecule has 0 saturated carbocycles. The second-order valence-electron chi connectivity index (χ2n) is 3.25. The molecule has 0 unspecified atom stereocenters. The monoisotopic (exact) mass is 224 g/mol. The maximum Gasteiger partial charge on any atom is 0.245 e. The van der Waals surface area contributed by atoms with E-state index in [1.165, 1.54) is 0 Å². The molecular weight excluding hydrogens is 208 g/mol. The highest BCUT2D eigenvalue weighted by atomic mass is 16.6. The van der Waals surface area contributed by atoms with Gasteiger partial charge >= 0.3 is 0 Å². The predicted molar refractivity (Wildman–Crippen MR) is 59.8 cm³/mol. The standard InChI is InChI=1S/C11H16N2O3/c1-15-10-4-2-9(3-5-10)6-7-13-16-8-11(12)14/h2-5,13H,6-8H2,1H3,(H2,12,14). The van der Waals surface area contributed by atoms with Crippen molar-refractivity contribution in [2.45, 2.75) is 6.42 Å². The molecule has 0 aliphatic rings. The number of hydroxylamine groups is 1. The number of ether oxygens (including phenoxy) is 1. The van der Waals surface area contributed by atoms with Crippen LogP contribution in [0.25, 0.3) is 0 Å². The molecule has 0 fully saturated rings. The van der Waals surface area contributed by atoms with E-state index in [4.69, 9.17) is 15.3 Å². The van der Waals surface area contributed by atoms with E-state index in [1.807, 2.05) is 24.3 Å². The Morgan fingerprint density at radius 1 is 1.38 bits per heavy atom. The molecule has 5 nitrogen and oxygen atoms in total. The summed E-state index contributed by atoms with van der Waals surface area (Å²) in [7, 11) is 1.63. The van der Waals surface area contributed by atoms with Crippen LogP contribution in [0.3, 0.4) is 0 Å². The molecule has 0 radical (unpaired) electrons. The summed E-state index contributed by atoms with van der Waals surface area (Å²) in [5.41, 5.74) is 8.72. The van der Waals surface area contributed by atoms with Gasteiger partial charge in [-0.05, 0) is 24.1 Å². The topological polar surface area (TPSA) is 73.6 Å². The molecule has 0 aromatic heterocycles. The van der Waals surface area contributed by atoms with E-state index in [-0.39, 0.29) is 6.61 Å². The Bertz CT molecular complexity index is 325. The number of carbonyl (C=O) groups excluding carboxylic acids is 1. The SMILES string of the molecule is COc1ccc(CCNOCC(N)=O)cc1. The third-order valence-electron chi connectivity index (χ3n) is 1.99. The summed E-state index contributed by atoms with van der Waals surface area (Å²) in [6.45, 7) is 0.516. The number of nitrogens with two attached hydrogens (primary N) is 1. The fraction of sp³-hybridized carbons (Fsp3) is 0.364. The van der Waals surface area contributed by atoms with Crippen LogP contribution < -0.4 is 16.0 Å². The molecule has 5 heteroatoms. The van der Waals surface area contributed by atoms with Gasteiger partial charge in [-0.3, -0.25) is 9.63 Å². The molecule has 0 aliphatic heterocycles. The molecule has 0 saturated heterocycles. The Kier molecular flexibility index (Phi) is 5.31. The molecule has 1 amide bonds. The molecule has 0 spiro atoms. The molecule has 0 atom stereocenters. The van der Waals surface area contributed by atoms with Crippen molar-refractivity contribution in [1.82, 2.24) is 5.48 Å². The Balaban J connectivity index is 2.19. The lowest BCUT2D eigenvalue weighted by Crippen LogP contribution is -2.26. The number of hydrogen-bond acceptors (Lipinski definition) is 4. The molecular formula is C11H16N2O3. The van der Waals surface area contributed by atoms with Crippen molar-refractivity contribution in [3.63, 3.8) is 0 Å². The minimum absolute atomic E-state index is 0.109. The summed E-state index contributed by atoms with van der Waals surface area (Å²) in [6.07, 6.45) is 0.808. The lowest BCUT2D eigenvalue weighted by molar-refractivity contribution is -0.125. The quantitative estimate of drug-likeness (QED) is 0.514. The third-order valence-corrected chi connectivity index (χ3v) is 1.99. The van der Waals surface area contributed by atoms with E-state index in [2.05, 4.69) is 5.48 Å². The van der Waals surface area contributed by atoms with Crippen molar-refractivity contribution in [2.75, 3.05) is 20.3 Å². The van der Waals surface area contributed by atoms with Gasteiger partial charge in [0.15, 0.2) is 0 Å². The van der Waals surface area contributed by atoms with Crippen LogP contribution in [0.15, 0.2) is 24.3 Å². The first-order valence-electron chi connectivity index (χ1n) is 4.98. The second-order valence-corrected chi connectivity index (χ2v) is 3.25. The maximum atomic E-state index is 10.3. The average molecular weight is 224 g/mol. The highest BCUT2D eigenvalue weighted by Crippen LogP contribution is 2.11. The van der Waals surface area contributed by atoms with Crippen LogP contribution in [0.1, 0.15) is 5.56 Å². The number of primary amides is 1. The molecule has 1 aromatic rings. The van der Waals surface area contributed by atoms with Crippen LogP contribution in [0.4, 0.5) is 0 Å². The van der Waals surface area contributed by atoms with Crippen LogP contribution >= 0.6 is 0 Å². The van der Waals surface area contributed by atoms with Gasteiger partial charge in [-0.15, -0.1) is 0 Å². The molecule has 1 aromatic carbocycles. The largest absolute Gasteiger partial charge is 0.497 e. The minimum Gasteiger partial charge on any atom is -0.497 e. The average Bonchev–Trinajstić information content (AvgIpc) is 2.29. The van der Waals surface area contributed by atoms with Gasteiger partial charge < -0.3 is 10.5 Å². The second kappa shape index (κ2) is 6.81. The van der Waals surface area contributed by atoms with Crippen molar-refractivity contribution in [2.24, 2.45) is 5.73 Å². The zero-order valence-corrected chi connectivity index (χ0v) is 9.23. The molecule has 0 heterocycles. The third kappa shape index (κ3) is 4.77. The summed E-state index contributed by atoms with van der Waals surface area (Å²) in [4.78, 5) is 15.2. The van der Waals surface area contributed by atoms with E-state index in [9.17, 15) is 4.79 Å². The first kappa shape index (κ1) is 12.5. The predicted octanol–water partition coefficient (Wildman–Crippen LogP) is 0.244. The summed E-state index contributed by atoms with van der Waals surface area (Å²) in [6, 6.07) is 7.77. The number of carbonyl (C=O) groups is 1. The van der Waals surface area contributed by atoms with Gasteiger partial charge in [0.25, 0.3) is 0 Å². The van der Waals surface area contributed by atoms with Crippen LogP contribution in [-0.4, -0.2) is 26.2 Å². The van der Waals surface area contributed by atoms with Crippen molar-refractivity contribution >= 4 is 5.91 Å². The number of hydrogen-bond donors (Lipinski definition) is 2. The summed E-state index contributed by atoms with van der Waals surface area (Å²) in [5, 5.41) is 0. The van der Waals surface area contributed by atoms with E-state index >= 15 is 0 Å². The van der Waals surface area contributed by atoms with Gasteiger partial charge in [-0.25, -0.2) is 5.48 Å². The van der Waals surface area contributed by atoms with E-state index < -0.39 is 5.91 Å². The fourth-order valence-electron chi connectivity index (χ4n) is 1.18. The first-order chi connectivity index (χ1) is 7.72. The van der Waals surface area contributed by atoms with Gasteiger partial charge in [-0.1, -0.05) is 12.1 Å². The minimum atomic E-state index is -0.489. The van der Waals surface area contributed by atoms with Crippen LogP contribution in [0.2, 0.25) is 0 Å². The van der Waals surface area contributed by atoms with Gasteiger partial charge in [0, 0.05) is 6.54 Å². The van der Waals surface area contributed by atoms with Gasteiger partial charge in [0.2, 0.25) is 5.91 Å². The maximum absolute atomic E-state index is 10.3. The molecule has 0 aliphatic carbocycles. The lowest BCUT2D eigenvalue weighted by atomic mass is 10.1. The van der Waals surface area contributed by atoms with Crippen molar-refractivity contribution < 1.29 is 14.4 Å². The molecule has 3 N–H and O–H groups in total. The van der Waals surface area contributed by atoms with Gasteiger partial charge in [0.1, 0.15) is 12.4 Å². The highest BCUT2D eigenvalue weighted by molar-refractivity contribution is 5.74. The molecule has 88 valence electrons. The first-order valence-corrected chi connectivity index (χ1v) is 4.98. The Labute approximate surface area is 94.5 Å². The highest BCUT2D eigenvalue weighted by Gasteiger charge is 1.96. The van der Waals surface area contributed by atoms with Crippen LogP contribution in [0, 0.1) is 0 Å². The van der Waals surface area contributed by atoms with Crippen LogP contribution in [-0.2, 0) is 16.1 Å². The number of nitrogens with one attached hydrogen (secondary N) is 1. The summed E-state index contributed by atoms with van der Waals surface area (Å²) >= 11 is 0. The van der Waals surface area contributed by atoms with Crippen molar-refractivity contribution in [3.8, 4) is 5.75 Å². The van der Waals surface area contributed by atoms with Crippen molar-refractivity contribution in [1.29, 1.82) is 0 Å². The number of methoxy groups -OCH3 is 1. The molecule has 0 bridgehead atoms. The summed E-state index contributed by atoms with van der Waals surface area (Å²) < 4.78 is 5.05. The smallest absolute Gasteiger partial charge is 0.245 e. The van der Waals surface area contributed by atoms with Crippen LogP contribution in [0.5, 0.6) is 5.75 Å². The number of amides is 1. The Hall–Kier alpha value is -1.59. The number of benzene rings is 1. The summed E-state index contributed by atoms with van der Waals surface area (Å²) in [5.74, 6) is 0.346. The normalized spacial score (nSPS) is 10.1. The Morgan fingerprint density at radius 3 is 2.62 bits per heavy atom. The Morgan fingerprint density at radius 2 is 2.06 bits per heavy atom. The molecule has 1 rings (SSSR count). The van der Waals surface area contributed by atoms with E-state index in [0.29, 0.717) is 6.54 Å².